The maximum absolute atomic E-state index is 12.5. The Balaban J connectivity index is 1.50. The predicted molar refractivity (Wildman–Crippen MR) is 125 cm³/mol. The van der Waals surface area contributed by atoms with Crippen LogP contribution in [0.3, 0.4) is 0 Å². The highest BCUT2D eigenvalue weighted by molar-refractivity contribution is 7.99. The van der Waals surface area contributed by atoms with E-state index in [-0.39, 0.29) is 11.7 Å². The first-order valence-electron chi connectivity index (χ1n) is 9.78. The molecule has 2 aromatic heterocycles. The van der Waals surface area contributed by atoms with Crippen LogP contribution in [0, 0.1) is 0 Å². The second-order valence-corrected chi connectivity index (χ2v) is 8.15. The molecule has 0 aliphatic carbocycles. The number of carbonyl (C=O) groups is 1. The number of rotatable bonds is 8. The first kappa shape index (κ1) is 21.9. The van der Waals surface area contributed by atoms with E-state index in [0.29, 0.717) is 22.5 Å². The van der Waals surface area contributed by atoms with Crippen LogP contribution in [0.4, 0.5) is 0 Å². The lowest BCUT2D eigenvalue weighted by atomic mass is 10.2. The van der Waals surface area contributed by atoms with Crippen molar-refractivity contribution >= 4 is 29.3 Å². The number of hydrogen-bond donors (Lipinski definition) is 1. The molecule has 7 nitrogen and oxygen atoms in total. The van der Waals surface area contributed by atoms with Crippen LogP contribution in [-0.2, 0) is 11.3 Å². The summed E-state index contributed by atoms with van der Waals surface area (Å²) in [6.07, 6.45) is 3.41. The minimum atomic E-state index is -0.103. The summed E-state index contributed by atoms with van der Waals surface area (Å²) in [6, 6.07) is 18.7. The van der Waals surface area contributed by atoms with Crippen LogP contribution in [0.1, 0.15) is 5.56 Å². The molecule has 0 aliphatic rings. The van der Waals surface area contributed by atoms with E-state index in [9.17, 15) is 4.79 Å². The molecule has 1 amide bonds. The highest BCUT2D eigenvalue weighted by Gasteiger charge is 2.17. The van der Waals surface area contributed by atoms with Crippen molar-refractivity contribution in [3.63, 3.8) is 0 Å². The normalized spacial score (nSPS) is 10.7. The molecule has 0 spiro atoms. The van der Waals surface area contributed by atoms with Gasteiger partial charge in [0.1, 0.15) is 5.75 Å². The molecule has 32 heavy (non-hydrogen) atoms. The maximum Gasteiger partial charge on any atom is 0.230 e. The summed E-state index contributed by atoms with van der Waals surface area (Å²) in [5.41, 5.74) is 2.69. The van der Waals surface area contributed by atoms with Crippen molar-refractivity contribution < 1.29 is 9.53 Å². The number of amides is 1. The molecule has 4 rings (SSSR count). The molecule has 9 heteroatoms. The Hall–Kier alpha value is -3.36. The molecule has 0 atom stereocenters. The molecule has 0 fully saturated rings. The fourth-order valence-corrected chi connectivity index (χ4v) is 3.95. The standard InChI is InChI=1S/C23H20ClN5O2S/c1-31-20-4-2-3-16(13-20)14-26-21(30)15-32-23-28-27-22(17-9-11-25-12-10-17)29(23)19-7-5-18(24)6-8-19/h2-13H,14-15H2,1H3,(H,26,30). The van der Waals surface area contributed by atoms with Crippen LogP contribution in [0.5, 0.6) is 5.75 Å². The number of methoxy groups -OCH3 is 1. The van der Waals surface area contributed by atoms with E-state index in [2.05, 4.69) is 20.5 Å². The van der Waals surface area contributed by atoms with E-state index in [4.69, 9.17) is 16.3 Å². The monoisotopic (exact) mass is 465 g/mol. The number of nitrogens with one attached hydrogen (secondary N) is 1. The zero-order valence-electron chi connectivity index (χ0n) is 17.2. The summed E-state index contributed by atoms with van der Waals surface area (Å²) in [6.45, 7) is 0.419. The van der Waals surface area contributed by atoms with Gasteiger partial charge in [0.05, 0.1) is 12.9 Å². The molecular formula is C23H20ClN5O2S. The molecule has 4 aromatic rings. The van der Waals surface area contributed by atoms with Crippen molar-refractivity contribution in [2.45, 2.75) is 11.7 Å². The minimum absolute atomic E-state index is 0.103. The SMILES string of the molecule is COc1cccc(CNC(=O)CSc2nnc(-c3ccncc3)n2-c2ccc(Cl)cc2)c1. The zero-order valence-corrected chi connectivity index (χ0v) is 18.8. The van der Waals surface area contributed by atoms with E-state index < -0.39 is 0 Å². The van der Waals surface area contributed by atoms with E-state index in [0.717, 1.165) is 22.6 Å². The van der Waals surface area contributed by atoms with Crippen molar-refractivity contribution in [2.24, 2.45) is 0 Å². The Bertz CT molecular complexity index is 1200. The van der Waals surface area contributed by atoms with Crippen LogP contribution in [0.25, 0.3) is 17.1 Å². The molecule has 0 radical (unpaired) electrons. The summed E-state index contributed by atoms with van der Waals surface area (Å²) >= 11 is 7.38. The Kier molecular flexibility index (Phi) is 7.03. The summed E-state index contributed by atoms with van der Waals surface area (Å²) in [7, 11) is 1.62. The van der Waals surface area contributed by atoms with Crippen molar-refractivity contribution in [3.05, 3.63) is 83.6 Å². The van der Waals surface area contributed by atoms with Gasteiger partial charge in [0.2, 0.25) is 5.91 Å². The lowest BCUT2D eigenvalue weighted by Crippen LogP contribution is -2.24. The van der Waals surface area contributed by atoms with E-state index in [1.807, 2.05) is 65.2 Å². The second-order valence-electron chi connectivity index (χ2n) is 6.77. The van der Waals surface area contributed by atoms with Crippen molar-refractivity contribution in [3.8, 4) is 22.8 Å². The second kappa shape index (κ2) is 10.3. The van der Waals surface area contributed by atoms with Crippen LogP contribution in [-0.4, -0.2) is 38.5 Å². The fraction of sp³-hybridized carbons (Fsp3) is 0.130. The van der Waals surface area contributed by atoms with Crippen LogP contribution < -0.4 is 10.1 Å². The Morgan fingerprint density at radius 1 is 1.09 bits per heavy atom. The smallest absolute Gasteiger partial charge is 0.230 e. The van der Waals surface area contributed by atoms with Gasteiger partial charge in [-0.25, -0.2) is 0 Å². The third-order valence-corrected chi connectivity index (χ3v) is 5.79. The number of aromatic nitrogens is 4. The number of ether oxygens (including phenoxy) is 1. The third kappa shape index (κ3) is 5.27. The van der Waals surface area contributed by atoms with E-state index in [1.165, 1.54) is 11.8 Å². The van der Waals surface area contributed by atoms with Crippen LogP contribution >= 0.6 is 23.4 Å². The zero-order chi connectivity index (χ0) is 22.3. The number of pyridine rings is 1. The predicted octanol–water partition coefficient (Wildman–Crippen LogP) is 4.40. The Morgan fingerprint density at radius 3 is 2.62 bits per heavy atom. The molecule has 2 heterocycles. The topological polar surface area (TPSA) is 81.9 Å². The average Bonchev–Trinajstić information content (AvgIpc) is 3.26. The Morgan fingerprint density at radius 2 is 1.88 bits per heavy atom. The van der Waals surface area contributed by atoms with Gasteiger partial charge in [-0.1, -0.05) is 35.5 Å². The number of benzene rings is 2. The van der Waals surface area contributed by atoms with Crippen molar-refractivity contribution in [1.29, 1.82) is 0 Å². The molecule has 0 aliphatic heterocycles. The lowest BCUT2D eigenvalue weighted by Gasteiger charge is -2.11. The number of hydrogen-bond acceptors (Lipinski definition) is 6. The van der Waals surface area contributed by atoms with Gasteiger partial charge < -0.3 is 10.1 Å². The molecule has 0 saturated heterocycles. The van der Waals surface area contributed by atoms with Gasteiger partial charge in [0.25, 0.3) is 0 Å². The summed E-state index contributed by atoms with van der Waals surface area (Å²) in [5.74, 6) is 1.51. The summed E-state index contributed by atoms with van der Waals surface area (Å²) in [4.78, 5) is 16.5. The van der Waals surface area contributed by atoms with Crippen LogP contribution in [0.15, 0.2) is 78.2 Å². The molecular weight excluding hydrogens is 446 g/mol. The summed E-state index contributed by atoms with van der Waals surface area (Å²) < 4.78 is 7.13. The van der Waals surface area contributed by atoms with Gasteiger partial charge in [-0.2, -0.15) is 0 Å². The quantitative estimate of drug-likeness (QED) is 0.388. The maximum atomic E-state index is 12.5. The first-order valence-corrected chi connectivity index (χ1v) is 11.1. The minimum Gasteiger partial charge on any atom is -0.497 e. The van der Waals surface area contributed by atoms with Crippen LogP contribution in [0.2, 0.25) is 5.02 Å². The largest absolute Gasteiger partial charge is 0.497 e. The number of halogens is 1. The van der Waals surface area contributed by atoms with Gasteiger partial charge in [-0.3, -0.25) is 14.3 Å². The molecule has 0 bridgehead atoms. The van der Waals surface area contributed by atoms with Crippen molar-refractivity contribution in [2.75, 3.05) is 12.9 Å². The number of nitrogens with zero attached hydrogens (tertiary/aromatic N) is 4. The molecule has 0 unspecified atom stereocenters. The van der Waals surface area contributed by atoms with Gasteiger partial charge in [-0.15, -0.1) is 10.2 Å². The molecule has 1 N–H and O–H groups in total. The number of thioether (sulfide) groups is 1. The molecule has 2 aromatic carbocycles. The fourth-order valence-electron chi connectivity index (χ4n) is 3.04. The third-order valence-electron chi connectivity index (χ3n) is 4.61. The van der Waals surface area contributed by atoms with E-state index in [1.54, 1.807) is 19.5 Å². The number of carbonyl (C=O) groups excluding carboxylic acids is 1. The van der Waals surface area contributed by atoms with Gasteiger partial charge in [-0.05, 0) is 54.1 Å². The van der Waals surface area contributed by atoms with Gasteiger partial charge >= 0.3 is 0 Å². The van der Waals surface area contributed by atoms with Gasteiger partial charge in [0.15, 0.2) is 11.0 Å². The highest BCUT2D eigenvalue weighted by Crippen LogP contribution is 2.28. The average molecular weight is 466 g/mol. The Labute approximate surface area is 194 Å². The lowest BCUT2D eigenvalue weighted by molar-refractivity contribution is -0.118. The molecule has 0 saturated carbocycles. The first-order chi connectivity index (χ1) is 15.6. The van der Waals surface area contributed by atoms with Gasteiger partial charge in [0, 0.05) is 35.2 Å². The highest BCUT2D eigenvalue weighted by atomic mass is 35.5. The molecule has 162 valence electrons. The van der Waals surface area contributed by atoms with Crippen molar-refractivity contribution in [1.82, 2.24) is 25.1 Å². The van der Waals surface area contributed by atoms with E-state index >= 15 is 0 Å². The summed E-state index contributed by atoms with van der Waals surface area (Å²) in [5, 5.41) is 12.9.